The molecule has 0 fully saturated rings. The number of hydrogen-bond acceptors (Lipinski definition) is 0. The minimum Gasteiger partial charge on any atom is -0.0539 e. The Kier molecular flexibility index (Phi) is 4.36. The molecule has 29 heavy (non-hydrogen) atoms. The van der Waals surface area contributed by atoms with Crippen LogP contribution in [0.1, 0.15) is 22.3 Å². The summed E-state index contributed by atoms with van der Waals surface area (Å²) in [6.07, 6.45) is 13.9. The van der Waals surface area contributed by atoms with E-state index in [1.807, 2.05) is 0 Å². The van der Waals surface area contributed by atoms with Crippen molar-refractivity contribution in [2.75, 3.05) is 0 Å². The molecule has 0 amide bonds. The van der Waals surface area contributed by atoms with Gasteiger partial charge in [-0.1, -0.05) is 62.2 Å². The number of allylic oxidation sites excluding steroid dienone is 10. The van der Waals surface area contributed by atoms with Gasteiger partial charge >= 0.3 is 0 Å². The molecule has 4 heteroatoms. The fraction of sp³-hybridized carbons (Fsp3) is 0.0400. The van der Waals surface area contributed by atoms with E-state index >= 15 is 0 Å². The second kappa shape index (κ2) is 6.65. The van der Waals surface area contributed by atoms with Gasteiger partial charge in [0.05, 0.1) is 5.41 Å². The molecule has 0 N–H and O–H groups in total. The summed E-state index contributed by atoms with van der Waals surface area (Å²) >= 11 is 12.6. The van der Waals surface area contributed by atoms with Crippen LogP contribution >= 0.6 is 77.0 Å². The Morgan fingerprint density at radius 3 is 2.03 bits per heavy atom. The summed E-state index contributed by atoms with van der Waals surface area (Å²) in [6, 6.07) is 13.3. The van der Waals surface area contributed by atoms with Gasteiger partial charge in [0.15, 0.2) is 0 Å². The summed E-state index contributed by atoms with van der Waals surface area (Å²) in [5.41, 5.74) is 10.3. The van der Waals surface area contributed by atoms with Gasteiger partial charge in [0.25, 0.3) is 0 Å². The van der Waals surface area contributed by atoms with Crippen molar-refractivity contribution in [3.05, 3.63) is 110 Å². The summed E-state index contributed by atoms with van der Waals surface area (Å²) in [5.74, 6) is 0. The molecule has 0 saturated carbocycles. The molecule has 2 aromatic carbocycles. The van der Waals surface area contributed by atoms with Crippen molar-refractivity contribution in [1.29, 1.82) is 0 Å². The zero-order chi connectivity index (χ0) is 19.9. The number of rotatable bonds is 0. The molecule has 4 aliphatic carbocycles. The molecule has 1 atom stereocenters. The maximum Gasteiger partial charge on any atom is 0.0836 e. The first-order valence-corrected chi connectivity index (χ1v) is 13.0. The van der Waals surface area contributed by atoms with Gasteiger partial charge in [0, 0.05) is 16.1 Å². The van der Waals surface area contributed by atoms with Crippen LogP contribution in [0.2, 0.25) is 0 Å². The maximum absolute atomic E-state index is 3.99. The zero-order valence-corrected chi connectivity index (χ0v) is 22.4. The molecular formula is C25H12Br2I2. The number of benzene rings is 2. The molecule has 0 aliphatic heterocycles. The fourth-order valence-electron chi connectivity index (χ4n) is 4.87. The lowest BCUT2D eigenvalue weighted by Crippen LogP contribution is -2.30. The highest BCUT2D eigenvalue weighted by atomic mass is 127. The van der Waals surface area contributed by atoms with E-state index in [4.69, 9.17) is 0 Å². The van der Waals surface area contributed by atoms with Crippen LogP contribution < -0.4 is 0 Å². The first kappa shape index (κ1) is 19.0. The molecule has 4 aliphatic rings. The van der Waals surface area contributed by atoms with E-state index in [9.17, 15) is 0 Å². The average molecular weight is 726 g/mol. The Bertz CT molecular complexity index is 1230. The van der Waals surface area contributed by atoms with Crippen molar-refractivity contribution >= 4 is 100 Å². The second-order valence-corrected chi connectivity index (χ2v) is 11.7. The maximum atomic E-state index is 3.99. The number of halogens is 4. The van der Waals surface area contributed by atoms with Crippen molar-refractivity contribution in [1.82, 2.24) is 0 Å². The molecule has 2 aromatic rings. The summed E-state index contributed by atoms with van der Waals surface area (Å²) in [6.45, 7) is 0. The van der Waals surface area contributed by atoms with Crippen LogP contribution in [0.3, 0.4) is 0 Å². The lowest BCUT2D eigenvalue weighted by molar-refractivity contribution is 0.736. The standard InChI is InChI=1S/C25H12Br2I2/c26-15-1-3-17-13(9-15)11-21-19(17)5-7-23(27)25(21)22-12-14-10-16(28)2-4-18(14)20(22)6-8-24(25)29/h1-12H. The Morgan fingerprint density at radius 2 is 1.31 bits per heavy atom. The molecule has 140 valence electrons. The minimum absolute atomic E-state index is 0.287. The van der Waals surface area contributed by atoms with Crippen LogP contribution in [0.5, 0.6) is 0 Å². The van der Waals surface area contributed by atoms with E-state index in [1.54, 1.807) is 0 Å². The molecule has 0 nitrogen and oxygen atoms in total. The third-order valence-electron chi connectivity index (χ3n) is 6.10. The van der Waals surface area contributed by atoms with Gasteiger partial charge in [0.1, 0.15) is 0 Å². The fourth-order valence-corrected chi connectivity index (χ4v) is 7.96. The van der Waals surface area contributed by atoms with E-state index < -0.39 is 0 Å². The number of fused-ring (bicyclic) bond motifs is 8. The Balaban J connectivity index is 1.64. The minimum atomic E-state index is -0.287. The highest BCUT2D eigenvalue weighted by Gasteiger charge is 2.51. The van der Waals surface area contributed by atoms with Crippen LogP contribution in [0.25, 0.3) is 23.3 Å². The third-order valence-corrected chi connectivity index (χ3v) is 9.30. The summed E-state index contributed by atoms with van der Waals surface area (Å²) < 4.78 is 4.90. The van der Waals surface area contributed by atoms with E-state index in [2.05, 4.69) is 150 Å². The van der Waals surface area contributed by atoms with E-state index in [0.717, 1.165) is 4.47 Å². The van der Waals surface area contributed by atoms with Gasteiger partial charge < -0.3 is 0 Å². The summed E-state index contributed by atoms with van der Waals surface area (Å²) in [4.78, 5) is 0. The molecule has 0 saturated heterocycles. The van der Waals surface area contributed by atoms with Crippen LogP contribution in [-0.2, 0) is 0 Å². The molecule has 0 bridgehead atoms. The average Bonchev–Trinajstić information content (AvgIpc) is 3.24. The highest BCUT2D eigenvalue weighted by Crippen LogP contribution is 2.66. The quantitative estimate of drug-likeness (QED) is 0.238. The Labute approximate surface area is 213 Å². The third kappa shape index (κ3) is 2.52. The number of hydrogen-bond donors (Lipinski definition) is 0. The monoisotopic (exact) mass is 724 g/mol. The predicted molar refractivity (Wildman–Crippen MR) is 147 cm³/mol. The van der Waals surface area contributed by atoms with Crippen molar-refractivity contribution in [3.8, 4) is 0 Å². The second-order valence-electron chi connectivity index (χ2n) is 7.52. The van der Waals surface area contributed by atoms with Gasteiger partial charge in [0.2, 0.25) is 0 Å². The van der Waals surface area contributed by atoms with E-state index in [-0.39, 0.29) is 5.41 Å². The van der Waals surface area contributed by atoms with Crippen molar-refractivity contribution < 1.29 is 0 Å². The van der Waals surface area contributed by atoms with E-state index in [0.29, 0.717) is 0 Å². The lowest BCUT2D eigenvalue weighted by Gasteiger charge is -2.42. The van der Waals surface area contributed by atoms with Crippen LogP contribution in [-0.4, -0.2) is 0 Å². The molecule has 1 unspecified atom stereocenters. The SMILES string of the molecule is BrC1=CC=C2C(=Cc3cc(Br)ccc32)C12C(I)=CC=C1C2=Cc2cc(I)ccc21. The van der Waals surface area contributed by atoms with Crippen molar-refractivity contribution in [3.63, 3.8) is 0 Å². The first-order valence-electron chi connectivity index (χ1n) is 9.21. The van der Waals surface area contributed by atoms with Gasteiger partial charge in [-0.3, -0.25) is 0 Å². The smallest absolute Gasteiger partial charge is 0.0539 e. The predicted octanol–water partition coefficient (Wildman–Crippen LogP) is 8.93. The highest BCUT2D eigenvalue weighted by molar-refractivity contribution is 14.1. The molecule has 1 spiro atoms. The van der Waals surface area contributed by atoms with E-state index in [1.165, 1.54) is 56.2 Å². The van der Waals surface area contributed by atoms with Gasteiger partial charge in [-0.2, -0.15) is 0 Å². The first-order chi connectivity index (χ1) is 14.0. The van der Waals surface area contributed by atoms with Crippen LogP contribution in [0.4, 0.5) is 0 Å². The van der Waals surface area contributed by atoms with Gasteiger partial charge in [-0.05, 0) is 132 Å². The van der Waals surface area contributed by atoms with Crippen LogP contribution in [0, 0.1) is 8.99 Å². The largest absolute Gasteiger partial charge is 0.0836 e. The molecule has 0 radical (unpaired) electrons. The Morgan fingerprint density at radius 1 is 0.690 bits per heavy atom. The molecule has 6 rings (SSSR count). The summed E-state index contributed by atoms with van der Waals surface area (Å²) in [5, 5.41) is 0. The topological polar surface area (TPSA) is 0 Å². The van der Waals surface area contributed by atoms with Crippen molar-refractivity contribution in [2.45, 2.75) is 0 Å². The van der Waals surface area contributed by atoms with Gasteiger partial charge in [-0.25, -0.2) is 0 Å². The normalized spacial score (nSPS) is 23.2. The van der Waals surface area contributed by atoms with Crippen molar-refractivity contribution in [2.24, 2.45) is 5.41 Å². The molecule has 0 heterocycles. The summed E-state index contributed by atoms with van der Waals surface area (Å²) in [7, 11) is 0. The molecule has 0 aromatic heterocycles. The van der Waals surface area contributed by atoms with Gasteiger partial charge in [-0.15, -0.1) is 0 Å². The Hall–Kier alpha value is -0.700. The lowest BCUT2D eigenvalue weighted by atomic mass is 9.65. The zero-order valence-electron chi connectivity index (χ0n) is 14.9. The van der Waals surface area contributed by atoms with Crippen LogP contribution in [0.15, 0.2) is 84.4 Å². The molecular weight excluding hydrogens is 714 g/mol.